The van der Waals surface area contributed by atoms with Crippen molar-refractivity contribution >= 4 is 0 Å². The third-order valence-corrected chi connectivity index (χ3v) is 3.81. The average molecular weight is 268 g/mol. The Balaban J connectivity index is 2.21. The SMILES string of the molecule is CCCCC#Cc1cc2c(cc1C/C=C/CO)CCC2. The zero-order valence-corrected chi connectivity index (χ0v) is 12.4. The first kappa shape index (κ1) is 14.9. The maximum absolute atomic E-state index is 8.85. The fourth-order valence-corrected chi connectivity index (χ4v) is 2.67. The number of aliphatic hydroxyl groups excluding tert-OH is 1. The summed E-state index contributed by atoms with van der Waals surface area (Å²) in [5.74, 6) is 6.66. The van der Waals surface area contributed by atoms with Gasteiger partial charge in [0.2, 0.25) is 0 Å². The highest BCUT2D eigenvalue weighted by atomic mass is 16.2. The molecule has 0 aliphatic heterocycles. The largest absolute Gasteiger partial charge is 0.392 e. The first-order valence-corrected chi connectivity index (χ1v) is 7.74. The van der Waals surface area contributed by atoms with Crippen LogP contribution < -0.4 is 0 Å². The summed E-state index contributed by atoms with van der Waals surface area (Å²) >= 11 is 0. The molecule has 1 aromatic rings. The molecule has 0 radical (unpaired) electrons. The zero-order chi connectivity index (χ0) is 14.2. The van der Waals surface area contributed by atoms with Crippen LogP contribution in [0.4, 0.5) is 0 Å². The molecule has 0 atom stereocenters. The van der Waals surface area contributed by atoms with E-state index in [1.54, 1.807) is 0 Å². The molecule has 20 heavy (non-hydrogen) atoms. The highest BCUT2D eigenvalue weighted by Gasteiger charge is 2.13. The van der Waals surface area contributed by atoms with Gasteiger partial charge in [-0.3, -0.25) is 0 Å². The molecular formula is C19H24O. The Kier molecular flexibility index (Phi) is 5.89. The minimum atomic E-state index is 0.114. The van der Waals surface area contributed by atoms with E-state index < -0.39 is 0 Å². The lowest BCUT2D eigenvalue weighted by Gasteiger charge is -2.07. The standard InChI is InChI=1S/C19H24O/c1-2-3-4-5-9-16-14-18-11-8-12-19(18)15-17(16)10-6-7-13-20/h6-7,14-15,20H,2-4,8,10-13H2,1H3/b7-6+. The molecule has 0 heterocycles. The van der Waals surface area contributed by atoms with E-state index in [1.165, 1.54) is 54.4 Å². The van der Waals surface area contributed by atoms with Crippen LogP contribution >= 0.6 is 0 Å². The van der Waals surface area contributed by atoms with Crippen LogP contribution in [0.15, 0.2) is 24.3 Å². The number of allylic oxidation sites excluding steroid dienone is 1. The molecule has 1 heteroatoms. The topological polar surface area (TPSA) is 20.2 Å². The van der Waals surface area contributed by atoms with Crippen molar-refractivity contribution in [1.29, 1.82) is 0 Å². The lowest BCUT2D eigenvalue weighted by atomic mass is 9.97. The molecule has 0 spiro atoms. The van der Waals surface area contributed by atoms with Crippen molar-refractivity contribution in [2.24, 2.45) is 0 Å². The van der Waals surface area contributed by atoms with Crippen molar-refractivity contribution in [1.82, 2.24) is 0 Å². The van der Waals surface area contributed by atoms with Crippen LogP contribution in [0.5, 0.6) is 0 Å². The van der Waals surface area contributed by atoms with Gasteiger partial charge in [-0.05, 0) is 54.9 Å². The van der Waals surface area contributed by atoms with Gasteiger partial charge in [-0.2, -0.15) is 0 Å². The predicted molar refractivity (Wildman–Crippen MR) is 84.8 cm³/mol. The van der Waals surface area contributed by atoms with Gasteiger partial charge in [0.1, 0.15) is 0 Å². The fourth-order valence-electron chi connectivity index (χ4n) is 2.67. The Morgan fingerprint density at radius 2 is 2.00 bits per heavy atom. The first-order valence-electron chi connectivity index (χ1n) is 7.74. The normalized spacial score (nSPS) is 13.3. The Morgan fingerprint density at radius 3 is 2.75 bits per heavy atom. The lowest BCUT2D eigenvalue weighted by molar-refractivity contribution is 0.342. The van der Waals surface area contributed by atoms with Gasteiger partial charge >= 0.3 is 0 Å². The molecular weight excluding hydrogens is 244 g/mol. The second-order valence-electron chi connectivity index (χ2n) is 5.40. The summed E-state index contributed by atoms with van der Waals surface area (Å²) in [6, 6.07) is 4.62. The summed E-state index contributed by atoms with van der Waals surface area (Å²) in [7, 11) is 0. The number of aryl methyl sites for hydroxylation is 2. The summed E-state index contributed by atoms with van der Waals surface area (Å²) < 4.78 is 0. The maximum atomic E-state index is 8.85. The molecule has 1 aliphatic carbocycles. The van der Waals surface area contributed by atoms with E-state index in [0.29, 0.717) is 0 Å². The molecule has 1 N–H and O–H groups in total. The van der Waals surface area contributed by atoms with E-state index in [1.807, 2.05) is 12.2 Å². The lowest BCUT2D eigenvalue weighted by Crippen LogP contribution is -1.94. The van der Waals surface area contributed by atoms with E-state index in [0.717, 1.165) is 12.8 Å². The molecule has 1 aromatic carbocycles. The summed E-state index contributed by atoms with van der Waals surface area (Å²) in [5, 5.41) is 8.85. The highest BCUT2D eigenvalue weighted by Crippen LogP contribution is 2.26. The second kappa shape index (κ2) is 7.92. The van der Waals surface area contributed by atoms with Crippen LogP contribution in [0.25, 0.3) is 0 Å². The van der Waals surface area contributed by atoms with E-state index in [9.17, 15) is 0 Å². The van der Waals surface area contributed by atoms with E-state index in [4.69, 9.17) is 5.11 Å². The van der Waals surface area contributed by atoms with Crippen LogP contribution in [0.1, 0.15) is 54.9 Å². The van der Waals surface area contributed by atoms with Crippen molar-refractivity contribution in [2.45, 2.75) is 51.9 Å². The minimum absolute atomic E-state index is 0.114. The summed E-state index contributed by atoms with van der Waals surface area (Å²) in [6.45, 7) is 2.31. The van der Waals surface area contributed by atoms with E-state index in [-0.39, 0.29) is 6.61 Å². The van der Waals surface area contributed by atoms with Crippen molar-refractivity contribution in [3.05, 3.63) is 46.5 Å². The summed E-state index contributed by atoms with van der Waals surface area (Å²) in [4.78, 5) is 0. The van der Waals surface area contributed by atoms with E-state index >= 15 is 0 Å². The van der Waals surface area contributed by atoms with Crippen LogP contribution in [-0.4, -0.2) is 11.7 Å². The Bertz CT molecular complexity index is 529. The average Bonchev–Trinajstić information content (AvgIpc) is 2.91. The first-order chi connectivity index (χ1) is 9.85. The van der Waals surface area contributed by atoms with Crippen LogP contribution in [-0.2, 0) is 19.3 Å². The van der Waals surface area contributed by atoms with Gasteiger partial charge in [0, 0.05) is 12.0 Å². The van der Waals surface area contributed by atoms with Gasteiger partial charge < -0.3 is 5.11 Å². The summed E-state index contributed by atoms with van der Waals surface area (Å²) in [5.41, 5.74) is 5.47. The van der Waals surface area contributed by atoms with Crippen LogP contribution in [0.3, 0.4) is 0 Å². The van der Waals surface area contributed by atoms with Crippen molar-refractivity contribution in [3.63, 3.8) is 0 Å². The molecule has 0 unspecified atom stereocenters. The molecule has 0 bridgehead atoms. The molecule has 0 aromatic heterocycles. The van der Waals surface area contributed by atoms with E-state index in [2.05, 4.69) is 30.9 Å². The Labute approximate surface area is 122 Å². The fraction of sp³-hybridized carbons (Fsp3) is 0.474. The van der Waals surface area contributed by atoms with Gasteiger partial charge in [0.05, 0.1) is 6.61 Å². The quantitative estimate of drug-likeness (QED) is 0.489. The predicted octanol–water partition coefficient (Wildman–Crippen LogP) is 3.81. The minimum Gasteiger partial charge on any atom is -0.392 e. The number of rotatable bonds is 5. The highest BCUT2D eigenvalue weighted by molar-refractivity contribution is 5.49. The Hall–Kier alpha value is -1.52. The summed E-state index contributed by atoms with van der Waals surface area (Å²) in [6.07, 6.45) is 11.7. The smallest absolute Gasteiger partial charge is 0.0612 e. The number of benzene rings is 1. The molecule has 1 aliphatic rings. The van der Waals surface area contributed by atoms with Crippen molar-refractivity contribution in [2.75, 3.05) is 6.61 Å². The van der Waals surface area contributed by atoms with Gasteiger partial charge in [-0.15, -0.1) is 0 Å². The molecule has 0 amide bonds. The van der Waals surface area contributed by atoms with Crippen molar-refractivity contribution < 1.29 is 5.11 Å². The van der Waals surface area contributed by atoms with Crippen molar-refractivity contribution in [3.8, 4) is 11.8 Å². The van der Waals surface area contributed by atoms with Crippen LogP contribution in [0.2, 0.25) is 0 Å². The van der Waals surface area contributed by atoms with Gasteiger partial charge in [-0.25, -0.2) is 0 Å². The van der Waals surface area contributed by atoms with Gasteiger partial charge in [-0.1, -0.05) is 43.4 Å². The third kappa shape index (κ3) is 3.99. The molecule has 2 rings (SSSR count). The zero-order valence-electron chi connectivity index (χ0n) is 12.4. The molecule has 0 fully saturated rings. The number of unbranched alkanes of at least 4 members (excludes halogenated alkanes) is 2. The third-order valence-electron chi connectivity index (χ3n) is 3.81. The van der Waals surface area contributed by atoms with Gasteiger partial charge in [0.25, 0.3) is 0 Å². The molecule has 0 saturated heterocycles. The maximum Gasteiger partial charge on any atom is 0.0612 e. The monoisotopic (exact) mass is 268 g/mol. The Morgan fingerprint density at radius 1 is 1.20 bits per heavy atom. The molecule has 0 saturated carbocycles. The molecule has 1 nitrogen and oxygen atoms in total. The van der Waals surface area contributed by atoms with Crippen LogP contribution in [0, 0.1) is 11.8 Å². The number of aliphatic hydroxyl groups is 1. The number of hydrogen-bond acceptors (Lipinski definition) is 1. The number of fused-ring (bicyclic) bond motifs is 1. The van der Waals surface area contributed by atoms with Gasteiger partial charge in [0.15, 0.2) is 0 Å². The molecule has 106 valence electrons. The second-order valence-corrected chi connectivity index (χ2v) is 5.40. The number of hydrogen-bond donors (Lipinski definition) is 1.